The highest BCUT2D eigenvalue weighted by Crippen LogP contribution is 2.38. The summed E-state index contributed by atoms with van der Waals surface area (Å²) in [6.45, 7) is 12.7. The van der Waals surface area contributed by atoms with E-state index in [1.54, 1.807) is 0 Å². The van der Waals surface area contributed by atoms with Crippen molar-refractivity contribution in [1.29, 1.82) is 0 Å². The summed E-state index contributed by atoms with van der Waals surface area (Å²) in [6, 6.07) is 8.88. The van der Waals surface area contributed by atoms with Gasteiger partial charge in [-0.3, -0.25) is 4.90 Å². The van der Waals surface area contributed by atoms with Crippen LogP contribution in [0.25, 0.3) is 0 Å². The minimum atomic E-state index is 0.228. The van der Waals surface area contributed by atoms with Crippen molar-refractivity contribution in [2.45, 2.75) is 55.3 Å². The zero-order valence-electron chi connectivity index (χ0n) is 13.1. The predicted molar refractivity (Wildman–Crippen MR) is 87.5 cm³/mol. The van der Waals surface area contributed by atoms with Gasteiger partial charge < -0.3 is 5.32 Å². The molecule has 0 aliphatic carbocycles. The lowest BCUT2D eigenvalue weighted by molar-refractivity contribution is 0.0400. The van der Waals surface area contributed by atoms with Crippen LogP contribution in [-0.2, 0) is 6.42 Å². The predicted octanol–water partition coefficient (Wildman–Crippen LogP) is 3.17. The van der Waals surface area contributed by atoms with Gasteiger partial charge in [0.1, 0.15) is 0 Å². The summed E-state index contributed by atoms with van der Waals surface area (Å²) >= 11 is 2.07. The maximum atomic E-state index is 3.67. The Morgan fingerprint density at radius 2 is 2.00 bits per heavy atom. The Morgan fingerprint density at radius 3 is 2.75 bits per heavy atom. The van der Waals surface area contributed by atoms with Gasteiger partial charge in [0.2, 0.25) is 0 Å². The van der Waals surface area contributed by atoms with Gasteiger partial charge in [-0.2, -0.15) is 0 Å². The first kappa shape index (κ1) is 14.4. The third-order valence-corrected chi connectivity index (χ3v) is 5.88. The molecule has 0 radical (unpaired) electrons. The van der Waals surface area contributed by atoms with Crippen LogP contribution in [0.4, 0.5) is 0 Å². The summed E-state index contributed by atoms with van der Waals surface area (Å²) < 4.78 is 0. The third kappa shape index (κ3) is 2.90. The van der Waals surface area contributed by atoms with Crippen LogP contribution in [0.5, 0.6) is 0 Å². The second kappa shape index (κ2) is 5.04. The van der Waals surface area contributed by atoms with Crippen LogP contribution in [0, 0.1) is 0 Å². The molecule has 1 aromatic carbocycles. The lowest BCUT2D eigenvalue weighted by Crippen LogP contribution is -2.66. The number of thioether (sulfide) groups is 1. The highest BCUT2D eigenvalue weighted by molar-refractivity contribution is 8.00. The van der Waals surface area contributed by atoms with E-state index in [1.807, 2.05) is 0 Å². The minimum Gasteiger partial charge on any atom is -0.309 e. The van der Waals surface area contributed by atoms with Crippen LogP contribution in [0.15, 0.2) is 29.2 Å². The molecule has 1 unspecified atom stereocenters. The first-order valence-corrected chi connectivity index (χ1v) is 8.48. The Morgan fingerprint density at radius 1 is 1.25 bits per heavy atom. The molecule has 2 nitrogen and oxygen atoms in total. The smallest absolute Gasteiger partial charge is 0.0279 e. The SMILES string of the molecule is CC1(C)CN(CC2Cc3ccccc3S2)C(C)(C)CN1. The molecule has 110 valence electrons. The van der Waals surface area contributed by atoms with Crippen LogP contribution in [0.2, 0.25) is 0 Å². The van der Waals surface area contributed by atoms with Crippen LogP contribution in [0.3, 0.4) is 0 Å². The molecule has 1 atom stereocenters. The monoisotopic (exact) mass is 290 g/mol. The fourth-order valence-electron chi connectivity index (χ4n) is 3.23. The van der Waals surface area contributed by atoms with Crippen molar-refractivity contribution in [1.82, 2.24) is 10.2 Å². The largest absolute Gasteiger partial charge is 0.309 e. The molecule has 1 N–H and O–H groups in total. The zero-order chi connectivity index (χ0) is 14.4. The first-order valence-electron chi connectivity index (χ1n) is 7.60. The van der Waals surface area contributed by atoms with E-state index in [4.69, 9.17) is 0 Å². The fourth-order valence-corrected chi connectivity index (χ4v) is 4.56. The van der Waals surface area contributed by atoms with E-state index >= 15 is 0 Å². The molecule has 0 spiro atoms. The Hall–Kier alpha value is -0.510. The van der Waals surface area contributed by atoms with Crippen molar-refractivity contribution in [3.63, 3.8) is 0 Å². The van der Waals surface area contributed by atoms with E-state index in [9.17, 15) is 0 Å². The normalized spacial score (nSPS) is 28.3. The summed E-state index contributed by atoms with van der Waals surface area (Å²) in [4.78, 5) is 4.18. The van der Waals surface area contributed by atoms with Gasteiger partial charge in [0.25, 0.3) is 0 Å². The highest BCUT2D eigenvalue weighted by atomic mass is 32.2. The highest BCUT2D eigenvalue weighted by Gasteiger charge is 2.39. The van der Waals surface area contributed by atoms with Crippen molar-refractivity contribution in [3.8, 4) is 0 Å². The molecule has 3 rings (SSSR count). The Balaban J connectivity index is 1.69. The van der Waals surface area contributed by atoms with E-state index in [0.717, 1.165) is 13.1 Å². The number of hydrogen-bond acceptors (Lipinski definition) is 3. The minimum absolute atomic E-state index is 0.228. The van der Waals surface area contributed by atoms with Gasteiger partial charge in [-0.25, -0.2) is 0 Å². The van der Waals surface area contributed by atoms with E-state index in [1.165, 1.54) is 23.4 Å². The quantitative estimate of drug-likeness (QED) is 0.900. The van der Waals surface area contributed by atoms with Gasteiger partial charge in [0.15, 0.2) is 0 Å². The molecule has 2 heterocycles. The first-order chi connectivity index (χ1) is 9.36. The molecule has 3 heteroatoms. The maximum absolute atomic E-state index is 3.67. The van der Waals surface area contributed by atoms with Gasteiger partial charge in [0, 0.05) is 40.9 Å². The van der Waals surface area contributed by atoms with E-state index in [2.05, 4.69) is 73.9 Å². The summed E-state index contributed by atoms with van der Waals surface area (Å²) in [5.41, 5.74) is 2.02. The Bertz CT molecular complexity index is 471. The van der Waals surface area contributed by atoms with Gasteiger partial charge in [0.05, 0.1) is 0 Å². The lowest BCUT2D eigenvalue weighted by atomic mass is 9.91. The van der Waals surface area contributed by atoms with Crippen molar-refractivity contribution >= 4 is 11.8 Å². The molecule has 0 saturated carbocycles. The van der Waals surface area contributed by atoms with Crippen molar-refractivity contribution in [3.05, 3.63) is 29.8 Å². The number of piperazine rings is 1. The van der Waals surface area contributed by atoms with Crippen molar-refractivity contribution in [2.24, 2.45) is 0 Å². The summed E-state index contributed by atoms with van der Waals surface area (Å²) in [5.74, 6) is 0. The average Bonchev–Trinajstić information content (AvgIpc) is 2.76. The van der Waals surface area contributed by atoms with E-state index in [0.29, 0.717) is 5.25 Å². The van der Waals surface area contributed by atoms with Crippen molar-refractivity contribution < 1.29 is 0 Å². The molecule has 1 saturated heterocycles. The molecule has 1 aromatic rings. The standard InChI is InChI=1S/C17H26N2S/c1-16(2)12-19(17(3,4)11-18-16)10-14-9-13-7-5-6-8-15(13)20-14/h5-8,14,18H,9-12H2,1-4H3. The lowest BCUT2D eigenvalue weighted by Gasteiger charge is -2.50. The Kier molecular flexibility index (Phi) is 3.64. The molecule has 0 aromatic heterocycles. The molecule has 2 aliphatic rings. The maximum Gasteiger partial charge on any atom is 0.0279 e. The zero-order valence-corrected chi connectivity index (χ0v) is 13.9. The van der Waals surface area contributed by atoms with Gasteiger partial charge in [-0.1, -0.05) is 18.2 Å². The summed E-state index contributed by atoms with van der Waals surface area (Å²) in [5, 5.41) is 4.38. The second-order valence-electron chi connectivity index (χ2n) is 7.48. The third-order valence-electron chi connectivity index (χ3n) is 4.58. The fraction of sp³-hybridized carbons (Fsp3) is 0.647. The van der Waals surface area contributed by atoms with E-state index in [-0.39, 0.29) is 11.1 Å². The summed E-state index contributed by atoms with van der Waals surface area (Å²) in [7, 11) is 0. The van der Waals surface area contributed by atoms with Crippen LogP contribution < -0.4 is 5.32 Å². The molecule has 2 aliphatic heterocycles. The number of nitrogens with zero attached hydrogens (tertiary/aromatic N) is 1. The number of nitrogens with one attached hydrogen (secondary N) is 1. The van der Waals surface area contributed by atoms with Crippen LogP contribution >= 0.6 is 11.8 Å². The molecule has 0 bridgehead atoms. The Labute approximate surface area is 127 Å². The number of hydrogen-bond donors (Lipinski definition) is 1. The molecule has 0 amide bonds. The van der Waals surface area contributed by atoms with E-state index < -0.39 is 0 Å². The molecule has 1 fully saturated rings. The number of rotatable bonds is 2. The number of benzene rings is 1. The summed E-state index contributed by atoms with van der Waals surface area (Å²) in [6.07, 6.45) is 1.22. The second-order valence-corrected chi connectivity index (χ2v) is 8.82. The molecule has 20 heavy (non-hydrogen) atoms. The van der Waals surface area contributed by atoms with Gasteiger partial charge in [-0.05, 0) is 45.7 Å². The van der Waals surface area contributed by atoms with Crippen molar-refractivity contribution in [2.75, 3.05) is 19.6 Å². The topological polar surface area (TPSA) is 15.3 Å². The van der Waals surface area contributed by atoms with Crippen LogP contribution in [0.1, 0.15) is 33.3 Å². The van der Waals surface area contributed by atoms with Gasteiger partial charge in [-0.15, -0.1) is 11.8 Å². The van der Waals surface area contributed by atoms with Gasteiger partial charge >= 0.3 is 0 Å². The molecular weight excluding hydrogens is 264 g/mol. The number of fused-ring (bicyclic) bond motifs is 1. The van der Waals surface area contributed by atoms with Crippen LogP contribution in [-0.4, -0.2) is 40.9 Å². The molecular formula is C17H26N2S. The average molecular weight is 290 g/mol.